The maximum absolute atomic E-state index is 13.2. The van der Waals surface area contributed by atoms with Crippen molar-refractivity contribution in [3.8, 4) is 5.75 Å². The van der Waals surface area contributed by atoms with Crippen molar-refractivity contribution < 1.29 is 9.53 Å². The van der Waals surface area contributed by atoms with Crippen molar-refractivity contribution in [1.29, 1.82) is 0 Å². The van der Waals surface area contributed by atoms with Crippen LogP contribution in [0.25, 0.3) is 10.8 Å². The van der Waals surface area contributed by atoms with Gasteiger partial charge in [0.15, 0.2) is 0 Å². The first-order valence-electron chi connectivity index (χ1n) is 8.95. The predicted octanol–water partition coefficient (Wildman–Crippen LogP) is 5.63. The number of carbonyl (C=O) groups is 1. The molecule has 27 heavy (non-hydrogen) atoms. The molecular weight excluding hydrogens is 334 g/mol. The standard InChI is InChI=1S/C24H17NO2/c26-24(27-17-9-2-1-3-10-17)22-19-12-6-7-13-21(19)25-23-18-11-5-4-8-16(18)14-15-20(22)23/h1-15,22,25H. The monoisotopic (exact) mass is 351 g/mol. The lowest BCUT2D eigenvalue weighted by Gasteiger charge is -2.29. The molecule has 1 heterocycles. The van der Waals surface area contributed by atoms with E-state index in [1.807, 2.05) is 60.7 Å². The molecule has 1 unspecified atom stereocenters. The van der Waals surface area contributed by atoms with E-state index in [0.717, 1.165) is 33.3 Å². The Morgan fingerprint density at radius 2 is 1.48 bits per heavy atom. The number of fused-ring (bicyclic) bond motifs is 4. The summed E-state index contributed by atoms with van der Waals surface area (Å²) in [5, 5.41) is 5.76. The normalized spacial score (nSPS) is 14.7. The van der Waals surface area contributed by atoms with Crippen LogP contribution in [0.3, 0.4) is 0 Å². The number of ether oxygens (including phenoxy) is 1. The minimum absolute atomic E-state index is 0.272. The smallest absolute Gasteiger partial charge is 0.323 e. The number of anilines is 2. The zero-order valence-electron chi connectivity index (χ0n) is 14.6. The van der Waals surface area contributed by atoms with Crippen molar-refractivity contribution in [1.82, 2.24) is 0 Å². The molecule has 0 aliphatic carbocycles. The Morgan fingerprint density at radius 3 is 2.37 bits per heavy atom. The van der Waals surface area contributed by atoms with Crippen molar-refractivity contribution in [2.24, 2.45) is 0 Å². The number of nitrogens with one attached hydrogen (secondary N) is 1. The molecule has 4 aromatic rings. The van der Waals surface area contributed by atoms with Crippen LogP contribution in [0.1, 0.15) is 17.0 Å². The number of rotatable bonds is 2. The second kappa shape index (κ2) is 6.29. The first kappa shape index (κ1) is 15.6. The average molecular weight is 351 g/mol. The highest BCUT2D eigenvalue weighted by molar-refractivity contribution is 6.02. The van der Waals surface area contributed by atoms with E-state index < -0.39 is 5.92 Å². The molecule has 0 amide bonds. The van der Waals surface area contributed by atoms with Crippen molar-refractivity contribution in [3.63, 3.8) is 0 Å². The largest absolute Gasteiger partial charge is 0.426 e. The SMILES string of the molecule is O=C(Oc1ccccc1)C1c2ccccc2Nc2c1ccc1ccccc21. The highest BCUT2D eigenvalue weighted by Crippen LogP contribution is 2.44. The Labute approximate surface area is 157 Å². The minimum Gasteiger partial charge on any atom is -0.426 e. The van der Waals surface area contributed by atoms with Gasteiger partial charge in [0.25, 0.3) is 0 Å². The molecule has 0 radical (unpaired) electrons. The number of esters is 1. The fourth-order valence-electron chi connectivity index (χ4n) is 3.75. The van der Waals surface area contributed by atoms with E-state index in [0.29, 0.717) is 5.75 Å². The van der Waals surface area contributed by atoms with Gasteiger partial charge < -0.3 is 10.1 Å². The fourth-order valence-corrected chi connectivity index (χ4v) is 3.75. The molecule has 4 aromatic carbocycles. The van der Waals surface area contributed by atoms with E-state index in [4.69, 9.17) is 4.74 Å². The van der Waals surface area contributed by atoms with E-state index in [-0.39, 0.29) is 5.97 Å². The Balaban J connectivity index is 1.67. The topological polar surface area (TPSA) is 38.3 Å². The summed E-state index contributed by atoms with van der Waals surface area (Å²) in [7, 11) is 0. The molecule has 1 aliphatic heterocycles. The lowest BCUT2D eigenvalue weighted by Crippen LogP contribution is -2.24. The molecule has 0 bridgehead atoms. The van der Waals surface area contributed by atoms with Crippen LogP contribution in [-0.2, 0) is 4.79 Å². The van der Waals surface area contributed by atoms with Crippen molar-refractivity contribution in [3.05, 3.63) is 102 Å². The lowest BCUT2D eigenvalue weighted by atomic mass is 9.84. The quantitative estimate of drug-likeness (QED) is 0.375. The van der Waals surface area contributed by atoms with Gasteiger partial charge >= 0.3 is 5.97 Å². The maximum atomic E-state index is 13.2. The number of carbonyl (C=O) groups excluding carboxylic acids is 1. The highest BCUT2D eigenvalue weighted by Gasteiger charge is 2.33. The third-order valence-corrected chi connectivity index (χ3v) is 5.00. The summed E-state index contributed by atoms with van der Waals surface area (Å²) in [6, 6.07) is 29.4. The molecular formula is C24H17NO2. The molecule has 0 spiro atoms. The van der Waals surface area contributed by atoms with Gasteiger partial charge in [0.1, 0.15) is 11.7 Å². The molecule has 5 rings (SSSR count). The van der Waals surface area contributed by atoms with Gasteiger partial charge in [0.2, 0.25) is 0 Å². The molecule has 0 saturated heterocycles. The predicted molar refractivity (Wildman–Crippen MR) is 108 cm³/mol. The number of para-hydroxylation sites is 2. The van der Waals surface area contributed by atoms with E-state index in [9.17, 15) is 4.79 Å². The van der Waals surface area contributed by atoms with Crippen molar-refractivity contribution in [2.45, 2.75) is 5.92 Å². The summed E-state index contributed by atoms with van der Waals surface area (Å²) >= 11 is 0. The summed E-state index contributed by atoms with van der Waals surface area (Å²) in [5.74, 6) is -0.185. The fraction of sp³-hybridized carbons (Fsp3) is 0.0417. The van der Waals surface area contributed by atoms with Crippen molar-refractivity contribution in [2.75, 3.05) is 5.32 Å². The summed E-state index contributed by atoms with van der Waals surface area (Å²) in [6.45, 7) is 0. The van der Waals surface area contributed by atoms with Crippen LogP contribution in [0.4, 0.5) is 11.4 Å². The molecule has 3 heteroatoms. The first-order valence-corrected chi connectivity index (χ1v) is 8.95. The Hall–Kier alpha value is -3.59. The third kappa shape index (κ3) is 2.64. The number of hydrogen-bond donors (Lipinski definition) is 1. The Morgan fingerprint density at radius 1 is 0.741 bits per heavy atom. The molecule has 130 valence electrons. The average Bonchev–Trinajstić information content (AvgIpc) is 2.72. The van der Waals surface area contributed by atoms with Crippen LogP contribution in [0.5, 0.6) is 5.75 Å². The second-order valence-electron chi connectivity index (χ2n) is 6.63. The molecule has 0 saturated carbocycles. The van der Waals surface area contributed by atoms with E-state index in [2.05, 4.69) is 23.5 Å². The van der Waals surface area contributed by atoms with Crippen LogP contribution in [0.2, 0.25) is 0 Å². The zero-order valence-corrected chi connectivity index (χ0v) is 14.6. The Kier molecular flexibility index (Phi) is 3.65. The lowest BCUT2D eigenvalue weighted by molar-refractivity contribution is -0.135. The maximum Gasteiger partial charge on any atom is 0.323 e. The summed E-state index contributed by atoms with van der Waals surface area (Å²) < 4.78 is 5.71. The number of benzene rings is 4. The van der Waals surface area contributed by atoms with E-state index in [1.54, 1.807) is 12.1 Å². The first-order chi connectivity index (χ1) is 13.3. The molecule has 0 fully saturated rings. The second-order valence-corrected chi connectivity index (χ2v) is 6.63. The van der Waals surface area contributed by atoms with Gasteiger partial charge in [-0.3, -0.25) is 4.79 Å². The van der Waals surface area contributed by atoms with Gasteiger partial charge in [-0.25, -0.2) is 0 Å². The zero-order chi connectivity index (χ0) is 18.2. The van der Waals surface area contributed by atoms with Gasteiger partial charge in [-0.1, -0.05) is 72.8 Å². The third-order valence-electron chi connectivity index (χ3n) is 5.00. The highest BCUT2D eigenvalue weighted by atomic mass is 16.5. The van der Waals surface area contributed by atoms with E-state index in [1.165, 1.54) is 0 Å². The van der Waals surface area contributed by atoms with Gasteiger partial charge in [-0.15, -0.1) is 0 Å². The van der Waals surface area contributed by atoms with Crippen LogP contribution >= 0.6 is 0 Å². The minimum atomic E-state index is -0.470. The summed E-state index contributed by atoms with van der Waals surface area (Å²) in [4.78, 5) is 13.2. The molecule has 0 aromatic heterocycles. The summed E-state index contributed by atoms with van der Waals surface area (Å²) in [5.41, 5.74) is 3.78. The van der Waals surface area contributed by atoms with Crippen LogP contribution < -0.4 is 10.1 Å². The molecule has 1 N–H and O–H groups in total. The number of hydrogen-bond acceptors (Lipinski definition) is 3. The van der Waals surface area contributed by atoms with Crippen LogP contribution in [0, 0.1) is 0 Å². The van der Waals surface area contributed by atoms with Gasteiger partial charge in [0, 0.05) is 11.1 Å². The molecule has 1 aliphatic rings. The van der Waals surface area contributed by atoms with Gasteiger partial charge in [-0.2, -0.15) is 0 Å². The summed E-state index contributed by atoms with van der Waals surface area (Å²) in [6.07, 6.45) is 0. The van der Waals surface area contributed by atoms with E-state index >= 15 is 0 Å². The van der Waals surface area contributed by atoms with Crippen LogP contribution in [0.15, 0.2) is 91.0 Å². The van der Waals surface area contributed by atoms with Gasteiger partial charge in [0.05, 0.1) is 5.69 Å². The van der Waals surface area contributed by atoms with Crippen molar-refractivity contribution >= 4 is 28.1 Å². The molecule has 1 atom stereocenters. The van der Waals surface area contributed by atoms with Crippen LogP contribution in [-0.4, -0.2) is 5.97 Å². The molecule has 3 nitrogen and oxygen atoms in total. The van der Waals surface area contributed by atoms with Gasteiger partial charge in [-0.05, 0) is 34.7 Å². The Bertz CT molecular complexity index is 1150.